The number of amides is 2. The number of aromatic nitrogens is 4. The third-order valence-electron chi connectivity index (χ3n) is 7.97. The molecule has 5 heterocycles. The molecule has 1 aromatic carbocycles. The number of rotatable bonds is 10. The number of imidazole rings is 1. The standard InChI is InChI=1S/C33H30Cl2N6O6/c1-46-26-12-19(14-40-16-21(17-42)38-31(26)40)30-29(35)23(10-11-36-30)22-4-3-5-24(28(22)34)25-8-6-18(32(39-25)47-2)13-41(33(44)45)15-20-7-9-27(43)37-20/h3-6,8,10-12,14,16,20,42H,7,9,13,15,17H2,1-2H3,(H,37,43)(H,44,45). The molecule has 0 aliphatic carbocycles. The maximum atomic E-state index is 12.0. The number of carboxylic acid groups (broad SMARTS) is 1. The molecule has 0 bridgehead atoms. The molecular formula is C33H30Cl2N6O6. The Morgan fingerprint density at radius 3 is 2.55 bits per heavy atom. The first kappa shape index (κ1) is 32.0. The van der Waals surface area contributed by atoms with Gasteiger partial charge in [-0.3, -0.25) is 9.78 Å². The van der Waals surface area contributed by atoms with Crippen LogP contribution in [0.25, 0.3) is 39.3 Å². The van der Waals surface area contributed by atoms with Gasteiger partial charge in [0.1, 0.15) is 0 Å². The fourth-order valence-corrected chi connectivity index (χ4v) is 6.32. The van der Waals surface area contributed by atoms with Gasteiger partial charge in [-0.05, 0) is 30.7 Å². The summed E-state index contributed by atoms with van der Waals surface area (Å²) in [6.07, 6.45) is 5.01. The number of carbonyl (C=O) groups excluding carboxylic acids is 1. The Bertz CT molecular complexity index is 2000. The highest BCUT2D eigenvalue weighted by Crippen LogP contribution is 2.42. The van der Waals surface area contributed by atoms with Gasteiger partial charge in [0.25, 0.3) is 0 Å². The van der Waals surface area contributed by atoms with E-state index < -0.39 is 6.09 Å². The Morgan fingerprint density at radius 1 is 1.06 bits per heavy atom. The molecule has 1 aliphatic rings. The Kier molecular flexibility index (Phi) is 9.17. The van der Waals surface area contributed by atoms with Crippen LogP contribution in [0.15, 0.2) is 61.1 Å². The van der Waals surface area contributed by atoms with E-state index >= 15 is 0 Å². The van der Waals surface area contributed by atoms with E-state index in [1.807, 2.05) is 24.4 Å². The van der Waals surface area contributed by atoms with Crippen LogP contribution < -0.4 is 14.8 Å². The third-order valence-corrected chi connectivity index (χ3v) is 8.76. The van der Waals surface area contributed by atoms with Gasteiger partial charge in [0.15, 0.2) is 11.4 Å². The zero-order chi connectivity index (χ0) is 33.2. The van der Waals surface area contributed by atoms with Crippen LogP contribution in [0.5, 0.6) is 11.6 Å². The number of hydrogen-bond acceptors (Lipinski definition) is 8. The van der Waals surface area contributed by atoms with Crippen molar-refractivity contribution >= 4 is 40.8 Å². The van der Waals surface area contributed by atoms with Gasteiger partial charge in [0, 0.05) is 65.4 Å². The average Bonchev–Trinajstić information content (AvgIpc) is 3.69. The van der Waals surface area contributed by atoms with Crippen molar-refractivity contribution in [3.8, 4) is 45.3 Å². The molecule has 2 amide bonds. The Morgan fingerprint density at radius 2 is 1.85 bits per heavy atom. The van der Waals surface area contributed by atoms with Crippen molar-refractivity contribution in [3.63, 3.8) is 0 Å². The SMILES string of the molecule is COc1nc(-c2cccc(-c3ccnc(-c4cc(OC)c5nc(CO)cn5c4)c3Cl)c2Cl)ccc1CN(CC1CCC(=O)N1)C(=O)O. The second-order valence-corrected chi connectivity index (χ2v) is 11.7. The molecule has 0 spiro atoms. The molecule has 1 fully saturated rings. The zero-order valence-electron chi connectivity index (χ0n) is 25.4. The summed E-state index contributed by atoms with van der Waals surface area (Å²) >= 11 is 14.0. The Labute approximate surface area is 279 Å². The lowest BCUT2D eigenvalue weighted by Crippen LogP contribution is -2.41. The van der Waals surface area contributed by atoms with E-state index in [2.05, 4.69) is 20.3 Å². The number of pyridine rings is 3. The molecule has 5 aromatic rings. The third kappa shape index (κ3) is 6.39. The molecule has 14 heteroatoms. The minimum Gasteiger partial charge on any atom is -0.493 e. The Balaban J connectivity index is 1.33. The Hall–Kier alpha value is -4.91. The maximum absolute atomic E-state index is 12.0. The van der Waals surface area contributed by atoms with Crippen molar-refractivity contribution in [2.24, 2.45) is 0 Å². The average molecular weight is 678 g/mol. The van der Waals surface area contributed by atoms with Gasteiger partial charge in [-0.1, -0.05) is 41.4 Å². The van der Waals surface area contributed by atoms with Crippen molar-refractivity contribution in [3.05, 3.63) is 82.4 Å². The fraction of sp³-hybridized carbons (Fsp3) is 0.242. The highest BCUT2D eigenvalue weighted by atomic mass is 35.5. The van der Waals surface area contributed by atoms with Gasteiger partial charge in [-0.2, -0.15) is 0 Å². The van der Waals surface area contributed by atoms with Crippen LogP contribution in [0.4, 0.5) is 4.79 Å². The van der Waals surface area contributed by atoms with Crippen molar-refractivity contribution in [1.29, 1.82) is 0 Å². The number of carbonyl (C=O) groups is 2. The largest absolute Gasteiger partial charge is 0.493 e. The van der Waals surface area contributed by atoms with Gasteiger partial charge < -0.3 is 34.3 Å². The lowest BCUT2D eigenvalue weighted by molar-refractivity contribution is -0.119. The molecule has 0 radical (unpaired) electrons. The van der Waals surface area contributed by atoms with E-state index in [0.717, 1.165) is 0 Å². The second-order valence-electron chi connectivity index (χ2n) is 10.9. The molecule has 4 aromatic heterocycles. The molecule has 1 saturated heterocycles. The highest BCUT2D eigenvalue weighted by Gasteiger charge is 2.26. The van der Waals surface area contributed by atoms with E-state index in [9.17, 15) is 19.8 Å². The van der Waals surface area contributed by atoms with Crippen LogP contribution in [0, 0.1) is 0 Å². The first-order valence-corrected chi connectivity index (χ1v) is 15.4. The summed E-state index contributed by atoms with van der Waals surface area (Å²) in [5, 5.41) is 23.0. The number of nitrogens with one attached hydrogen (secondary N) is 1. The quantitative estimate of drug-likeness (QED) is 0.169. The second kappa shape index (κ2) is 13.4. The van der Waals surface area contributed by atoms with Crippen molar-refractivity contribution in [2.75, 3.05) is 20.8 Å². The van der Waals surface area contributed by atoms with Crippen LogP contribution >= 0.6 is 23.2 Å². The van der Waals surface area contributed by atoms with E-state index in [1.54, 1.807) is 41.1 Å². The summed E-state index contributed by atoms with van der Waals surface area (Å²) in [6, 6.07) is 12.3. The van der Waals surface area contributed by atoms with Crippen molar-refractivity contribution < 1.29 is 29.3 Å². The fourth-order valence-electron chi connectivity index (χ4n) is 5.68. The van der Waals surface area contributed by atoms with Crippen molar-refractivity contribution in [1.82, 2.24) is 29.6 Å². The first-order valence-electron chi connectivity index (χ1n) is 14.6. The van der Waals surface area contributed by atoms with Gasteiger partial charge >= 0.3 is 6.09 Å². The summed E-state index contributed by atoms with van der Waals surface area (Å²) < 4.78 is 12.9. The van der Waals surface area contributed by atoms with Gasteiger partial charge in [-0.15, -0.1) is 0 Å². The lowest BCUT2D eigenvalue weighted by Gasteiger charge is -2.23. The molecule has 1 atom stereocenters. The summed E-state index contributed by atoms with van der Waals surface area (Å²) in [6.45, 7) is -0.0332. The van der Waals surface area contributed by atoms with Gasteiger partial charge in [0.05, 0.1) is 54.5 Å². The zero-order valence-corrected chi connectivity index (χ0v) is 26.9. The number of nitrogens with zero attached hydrogens (tertiary/aromatic N) is 5. The monoisotopic (exact) mass is 676 g/mol. The van der Waals surface area contributed by atoms with E-state index in [1.165, 1.54) is 19.1 Å². The van der Waals surface area contributed by atoms with Gasteiger partial charge in [0.2, 0.25) is 11.8 Å². The molecule has 0 saturated carbocycles. The lowest BCUT2D eigenvalue weighted by atomic mass is 10.00. The molecule has 1 aliphatic heterocycles. The number of fused-ring (bicyclic) bond motifs is 1. The molecule has 12 nitrogen and oxygen atoms in total. The minimum atomic E-state index is -1.11. The normalized spacial score (nSPS) is 14.3. The predicted octanol–water partition coefficient (Wildman–Crippen LogP) is 5.70. The summed E-state index contributed by atoms with van der Waals surface area (Å²) in [4.78, 5) is 38.5. The van der Waals surface area contributed by atoms with E-state index in [0.29, 0.717) is 79.2 Å². The summed E-state index contributed by atoms with van der Waals surface area (Å²) in [5.74, 6) is 0.662. The minimum absolute atomic E-state index is 0.0261. The summed E-state index contributed by atoms with van der Waals surface area (Å²) in [5.41, 5.74) is 5.20. The maximum Gasteiger partial charge on any atom is 0.407 e. The van der Waals surface area contributed by atoms with Gasteiger partial charge in [-0.25, -0.2) is 14.8 Å². The number of benzene rings is 1. The topological polar surface area (TPSA) is 151 Å². The molecule has 242 valence electrons. The van der Waals surface area contributed by atoms with Crippen LogP contribution in [-0.2, 0) is 17.9 Å². The first-order chi connectivity index (χ1) is 22.7. The number of halogens is 2. The molecular weight excluding hydrogens is 647 g/mol. The number of aliphatic hydroxyl groups excluding tert-OH is 1. The molecule has 1 unspecified atom stereocenters. The number of methoxy groups -OCH3 is 2. The van der Waals surface area contributed by atoms with Crippen LogP contribution in [0.2, 0.25) is 10.0 Å². The van der Waals surface area contributed by atoms with Crippen LogP contribution in [0.1, 0.15) is 24.1 Å². The number of hydrogen-bond donors (Lipinski definition) is 3. The molecule has 6 rings (SSSR count). The predicted molar refractivity (Wildman–Crippen MR) is 176 cm³/mol. The van der Waals surface area contributed by atoms with Crippen LogP contribution in [-0.4, -0.2) is 73.3 Å². The highest BCUT2D eigenvalue weighted by molar-refractivity contribution is 6.39. The number of ether oxygens (including phenoxy) is 2. The van der Waals surface area contributed by atoms with Crippen molar-refractivity contribution in [2.45, 2.75) is 32.0 Å². The van der Waals surface area contributed by atoms with E-state index in [4.69, 9.17) is 32.7 Å². The molecule has 3 N–H and O–H groups in total. The summed E-state index contributed by atoms with van der Waals surface area (Å²) in [7, 11) is 3.01. The number of aliphatic hydroxyl groups is 1. The molecule has 47 heavy (non-hydrogen) atoms. The van der Waals surface area contributed by atoms with E-state index in [-0.39, 0.29) is 37.5 Å². The van der Waals surface area contributed by atoms with Crippen LogP contribution in [0.3, 0.4) is 0 Å². The smallest absolute Gasteiger partial charge is 0.407 e.